The molecule has 3 amide bonds. The fourth-order valence-electron chi connectivity index (χ4n) is 4.58. The van der Waals surface area contributed by atoms with Gasteiger partial charge in [0.25, 0.3) is 0 Å². The summed E-state index contributed by atoms with van der Waals surface area (Å²) in [6.07, 6.45) is 0.248. The van der Waals surface area contributed by atoms with Crippen molar-refractivity contribution in [1.29, 1.82) is 0 Å². The predicted octanol–water partition coefficient (Wildman–Crippen LogP) is 2.44. The van der Waals surface area contributed by atoms with Crippen LogP contribution in [0.25, 0.3) is 0 Å². The van der Waals surface area contributed by atoms with E-state index in [4.69, 9.17) is 4.74 Å². The van der Waals surface area contributed by atoms with Crippen LogP contribution in [0, 0.1) is 5.82 Å². The van der Waals surface area contributed by atoms with Gasteiger partial charge in [-0.25, -0.2) is 4.39 Å². The number of imide groups is 1. The molecular weight excluding hydrogens is 399 g/mol. The van der Waals surface area contributed by atoms with Gasteiger partial charge in [-0.3, -0.25) is 19.3 Å². The SMILES string of the molecule is COCCN1C(=O)CC(CC(=O)N2CCc3ccccc3C2)(c2ccccc2F)C1=O. The summed E-state index contributed by atoms with van der Waals surface area (Å²) in [6, 6.07) is 13.8. The molecule has 6 nitrogen and oxygen atoms in total. The standard InChI is InChI=1S/C24H25FN2O4/c1-31-13-12-27-22(29)15-24(23(27)30,19-8-4-5-9-20(19)25)14-21(28)26-11-10-17-6-2-3-7-18(17)16-26/h2-9H,10-16H2,1H3. The van der Waals surface area contributed by atoms with Crippen molar-refractivity contribution in [3.05, 3.63) is 71.0 Å². The molecule has 0 N–H and O–H groups in total. The third-order valence-electron chi connectivity index (χ3n) is 6.25. The summed E-state index contributed by atoms with van der Waals surface area (Å²) in [5.74, 6) is -1.80. The third kappa shape index (κ3) is 3.85. The predicted molar refractivity (Wildman–Crippen MR) is 111 cm³/mol. The normalized spacial score (nSPS) is 20.8. The van der Waals surface area contributed by atoms with Gasteiger partial charge in [0.05, 0.1) is 18.6 Å². The first-order valence-corrected chi connectivity index (χ1v) is 10.4. The molecule has 0 aliphatic carbocycles. The fourth-order valence-corrected chi connectivity index (χ4v) is 4.58. The Balaban J connectivity index is 1.65. The Kier molecular flexibility index (Phi) is 5.87. The molecule has 0 bridgehead atoms. The van der Waals surface area contributed by atoms with Crippen LogP contribution in [0.4, 0.5) is 4.39 Å². The lowest BCUT2D eigenvalue weighted by molar-refractivity contribution is -0.143. The van der Waals surface area contributed by atoms with Crippen molar-refractivity contribution in [2.75, 3.05) is 26.8 Å². The summed E-state index contributed by atoms with van der Waals surface area (Å²) < 4.78 is 19.8. The van der Waals surface area contributed by atoms with Gasteiger partial charge in [-0.1, -0.05) is 42.5 Å². The van der Waals surface area contributed by atoms with Crippen molar-refractivity contribution >= 4 is 17.7 Å². The zero-order valence-corrected chi connectivity index (χ0v) is 17.5. The van der Waals surface area contributed by atoms with E-state index in [1.807, 2.05) is 24.3 Å². The summed E-state index contributed by atoms with van der Waals surface area (Å²) in [5, 5.41) is 0. The molecule has 7 heteroatoms. The number of nitrogens with zero attached hydrogens (tertiary/aromatic N) is 2. The van der Waals surface area contributed by atoms with E-state index >= 15 is 0 Å². The third-order valence-corrected chi connectivity index (χ3v) is 6.25. The van der Waals surface area contributed by atoms with Crippen molar-refractivity contribution in [3.8, 4) is 0 Å². The van der Waals surface area contributed by atoms with Gasteiger partial charge in [0, 0.05) is 38.6 Å². The molecular formula is C24H25FN2O4. The molecule has 2 aliphatic heterocycles. The van der Waals surface area contributed by atoms with Crippen LogP contribution in [0.15, 0.2) is 48.5 Å². The number of benzene rings is 2. The second kappa shape index (κ2) is 8.59. The number of hydrogen-bond acceptors (Lipinski definition) is 4. The van der Waals surface area contributed by atoms with Gasteiger partial charge < -0.3 is 9.64 Å². The molecule has 2 heterocycles. The van der Waals surface area contributed by atoms with Crippen LogP contribution in [0.1, 0.15) is 29.5 Å². The van der Waals surface area contributed by atoms with Crippen LogP contribution in [0.5, 0.6) is 0 Å². The number of fused-ring (bicyclic) bond motifs is 1. The van der Waals surface area contributed by atoms with Gasteiger partial charge in [0.1, 0.15) is 5.82 Å². The number of carbonyl (C=O) groups excluding carboxylic acids is 3. The van der Waals surface area contributed by atoms with E-state index in [2.05, 4.69) is 0 Å². The summed E-state index contributed by atoms with van der Waals surface area (Å²) in [5.41, 5.74) is 0.828. The molecule has 1 unspecified atom stereocenters. The van der Waals surface area contributed by atoms with Crippen LogP contribution >= 0.6 is 0 Å². The molecule has 1 saturated heterocycles. The first-order chi connectivity index (χ1) is 15.0. The van der Waals surface area contributed by atoms with Crippen molar-refractivity contribution in [2.45, 2.75) is 31.2 Å². The number of ether oxygens (including phenoxy) is 1. The molecule has 0 aromatic heterocycles. The van der Waals surface area contributed by atoms with Gasteiger partial charge in [0.15, 0.2) is 0 Å². The quantitative estimate of drug-likeness (QED) is 0.668. The maximum absolute atomic E-state index is 14.8. The molecule has 2 aliphatic rings. The van der Waals surface area contributed by atoms with Gasteiger partial charge in [-0.15, -0.1) is 0 Å². The van der Waals surface area contributed by atoms with Gasteiger partial charge in [-0.05, 0) is 23.6 Å². The number of halogens is 1. The Bertz CT molecular complexity index is 1020. The Morgan fingerprint density at radius 2 is 1.81 bits per heavy atom. The highest BCUT2D eigenvalue weighted by atomic mass is 19.1. The largest absolute Gasteiger partial charge is 0.383 e. The van der Waals surface area contributed by atoms with Crippen LogP contribution in [0.3, 0.4) is 0 Å². The lowest BCUT2D eigenvalue weighted by Crippen LogP contribution is -2.45. The molecule has 0 spiro atoms. The van der Waals surface area contributed by atoms with Gasteiger partial charge in [0.2, 0.25) is 17.7 Å². The van der Waals surface area contributed by atoms with E-state index in [9.17, 15) is 18.8 Å². The molecule has 1 atom stereocenters. The Hall–Kier alpha value is -3.06. The minimum atomic E-state index is -1.54. The van der Waals surface area contributed by atoms with E-state index in [0.717, 1.165) is 16.9 Å². The Labute approximate surface area is 180 Å². The van der Waals surface area contributed by atoms with Crippen LogP contribution in [0.2, 0.25) is 0 Å². The van der Waals surface area contributed by atoms with Crippen molar-refractivity contribution in [1.82, 2.24) is 9.80 Å². The number of amides is 3. The van der Waals surface area contributed by atoms with Gasteiger partial charge in [-0.2, -0.15) is 0 Å². The Morgan fingerprint density at radius 3 is 2.55 bits per heavy atom. The average molecular weight is 424 g/mol. The summed E-state index contributed by atoms with van der Waals surface area (Å²) in [7, 11) is 1.48. The fraction of sp³-hybridized carbons (Fsp3) is 0.375. The molecule has 4 rings (SSSR count). The summed E-state index contributed by atoms with van der Waals surface area (Å²) in [6.45, 7) is 1.23. The summed E-state index contributed by atoms with van der Waals surface area (Å²) in [4.78, 5) is 42.2. The molecule has 162 valence electrons. The summed E-state index contributed by atoms with van der Waals surface area (Å²) >= 11 is 0. The lowest BCUT2D eigenvalue weighted by atomic mass is 9.75. The second-order valence-corrected chi connectivity index (χ2v) is 8.09. The zero-order valence-electron chi connectivity index (χ0n) is 17.5. The van der Waals surface area contributed by atoms with Crippen molar-refractivity contribution in [3.63, 3.8) is 0 Å². The number of carbonyl (C=O) groups is 3. The smallest absolute Gasteiger partial charge is 0.241 e. The highest BCUT2D eigenvalue weighted by molar-refractivity contribution is 6.10. The minimum Gasteiger partial charge on any atom is -0.383 e. The lowest BCUT2D eigenvalue weighted by Gasteiger charge is -2.33. The Morgan fingerprint density at radius 1 is 1.10 bits per heavy atom. The van der Waals surface area contributed by atoms with E-state index < -0.39 is 23.0 Å². The van der Waals surface area contributed by atoms with E-state index in [1.165, 1.54) is 30.9 Å². The molecule has 1 fully saturated rings. The minimum absolute atomic E-state index is 0.0790. The molecule has 0 saturated carbocycles. The van der Waals surface area contributed by atoms with Crippen LogP contribution in [-0.4, -0.2) is 54.3 Å². The number of hydrogen-bond donors (Lipinski definition) is 0. The zero-order chi connectivity index (χ0) is 22.0. The van der Waals surface area contributed by atoms with E-state index in [-0.39, 0.29) is 37.5 Å². The highest BCUT2D eigenvalue weighted by Gasteiger charge is 2.55. The average Bonchev–Trinajstić information content (AvgIpc) is 3.01. The first-order valence-electron chi connectivity index (χ1n) is 10.4. The van der Waals surface area contributed by atoms with Crippen LogP contribution < -0.4 is 0 Å². The van der Waals surface area contributed by atoms with E-state index in [1.54, 1.807) is 11.0 Å². The maximum atomic E-state index is 14.8. The monoisotopic (exact) mass is 424 g/mol. The topological polar surface area (TPSA) is 66.9 Å². The number of likely N-dealkylation sites (tertiary alicyclic amines) is 1. The first kappa shape index (κ1) is 21.2. The van der Waals surface area contributed by atoms with E-state index in [0.29, 0.717) is 13.1 Å². The highest BCUT2D eigenvalue weighted by Crippen LogP contribution is 2.41. The van der Waals surface area contributed by atoms with Crippen molar-refractivity contribution < 1.29 is 23.5 Å². The second-order valence-electron chi connectivity index (χ2n) is 8.09. The maximum Gasteiger partial charge on any atom is 0.241 e. The molecule has 0 radical (unpaired) electrons. The van der Waals surface area contributed by atoms with Crippen molar-refractivity contribution in [2.24, 2.45) is 0 Å². The molecule has 2 aromatic rings. The van der Waals surface area contributed by atoms with Gasteiger partial charge >= 0.3 is 0 Å². The molecule has 31 heavy (non-hydrogen) atoms. The molecule has 2 aromatic carbocycles. The number of methoxy groups -OCH3 is 1. The van der Waals surface area contributed by atoms with Crippen LogP contribution in [-0.2, 0) is 37.5 Å². The number of rotatable bonds is 6.